The minimum atomic E-state index is -0.457. The first-order valence-corrected chi connectivity index (χ1v) is 8.65. The fourth-order valence-electron chi connectivity index (χ4n) is 2.40. The largest absolute Gasteiger partial charge is 0.461 e. The van der Waals surface area contributed by atoms with Gasteiger partial charge in [-0.1, -0.05) is 32.1 Å². The molecule has 0 aliphatic heterocycles. The van der Waals surface area contributed by atoms with Gasteiger partial charge in [0, 0.05) is 17.3 Å². The molecule has 6 nitrogen and oxygen atoms in total. The van der Waals surface area contributed by atoms with Crippen LogP contribution < -0.4 is 5.32 Å². The summed E-state index contributed by atoms with van der Waals surface area (Å²) in [5.74, 6) is -0.790. The number of hydrogen-bond acceptors (Lipinski definition) is 5. The van der Waals surface area contributed by atoms with Crippen LogP contribution >= 0.6 is 11.3 Å². The smallest absolute Gasteiger partial charge is 0.327 e. The van der Waals surface area contributed by atoms with E-state index in [9.17, 15) is 9.59 Å². The molecule has 1 N–H and O–H groups in total. The van der Waals surface area contributed by atoms with Gasteiger partial charge in [0.25, 0.3) is 0 Å². The molecule has 0 aromatic carbocycles. The molecule has 2 heterocycles. The highest BCUT2D eigenvalue weighted by molar-refractivity contribution is 7.10. The third-order valence-corrected chi connectivity index (χ3v) is 4.47. The number of carbonyl (C=O) groups excluding carboxylic acids is 2. The van der Waals surface area contributed by atoms with E-state index >= 15 is 0 Å². The lowest BCUT2D eigenvalue weighted by atomic mass is 9.93. The van der Waals surface area contributed by atoms with Crippen LogP contribution in [0.1, 0.15) is 30.7 Å². The van der Waals surface area contributed by atoms with Gasteiger partial charge in [-0.05, 0) is 17.9 Å². The van der Waals surface area contributed by atoms with Gasteiger partial charge >= 0.3 is 12.0 Å². The minimum absolute atomic E-state index is 0.158. The predicted molar refractivity (Wildman–Crippen MR) is 92.8 cm³/mol. The molecule has 2 aromatic heterocycles. The van der Waals surface area contributed by atoms with Crippen LogP contribution in [0.2, 0.25) is 0 Å². The van der Waals surface area contributed by atoms with E-state index < -0.39 is 12.0 Å². The zero-order chi connectivity index (χ0) is 17.4. The Balaban J connectivity index is 2.24. The normalized spacial score (nSPS) is 13.0. The number of carbonyl (C=O) groups is 2. The molecule has 0 spiro atoms. The molecule has 2 rings (SSSR count). The Morgan fingerprint density at radius 2 is 2.38 bits per heavy atom. The maximum absolute atomic E-state index is 12.5. The maximum Gasteiger partial charge on any atom is 0.327 e. The topological polar surface area (TPSA) is 73.2 Å². The number of aromatic nitrogens is 2. The summed E-state index contributed by atoms with van der Waals surface area (Å²) in [6.45, 7) is 5.72. The van der Waals surface area contributed by atoms with E-state index in [2.05, 4.69) is 16.9 Å². The van der Waals surface area contributed by atoms with Crippen LogP contribution in [0.15, 0.2) is 48.9 Å². The highest BCUT2D eigenvalue weighted by Crippen LogP contribution is 2.30. The molecule has 0 fully saturated rings. The molecular formula is C17H21N3O3S. The third kappa shape index (κ3) is 4.55. The monoisotopic (exact) mass is 347 g/mol. The van der Waals surface area contributed by atoms with Gasteiger partial charge in [-0.2, -0.15) is 0 Å². The van der Waals surface area contributed by atoms with Crippen molar-refractivity contribution in [3.63, 3.8) is 0 Å². The minimum Gasteiger partial charge on any atom is -0.461 e. The van der Waals surface area contributed by atoms with Crippen molar-refractivity contribution >= 4 is 23.3 Å². The van der Waals surface area contributed by atoms with Crippen LogP contribution in [-0.4, -0.2) is 28.2 Å². The van der Waals surface area contributed by atoms with Gasteiger partial charge in [0.05, 0.1) is 12.0 Å². The van der Waals surface area contributed by atoms with Crippen molar-refractivity contribution in [1.82, 2.24) is 14.9 Å². The molecule has 2 aromatic rings. The van der Waals surface area contributed by atoms with E-state index in [1.54, 1.807) is 6.20 Å². The zero-order valence-corrected chi connectivity index (χ0v) is 14.4. The first-order valence-electron chi connectivity index (χ1n) is 7.77. The highest BCUT2D eigenvalue weighted by Gasteiger charge is 2.32. The van der Waals surface area contributed by atoms with Crippen molar-refractivity contribution in [2.24, 2.45) is 5.92 Å². The number of hydrogen-bond donors (Lipinski definition) is 1. The van der Waals surface area contributed by atoms with Crippen molar-refractivity contribution in [3.8, 4) is 0 Å². The number of nitrogens with zero attached hydrogens (tertiary/aromatic N) is 2. The fraction of sp³-hybridized carbons (Fsp3) is 0.353. The van der Waals surface area contributed by atoms with Gasteiger partial charge < -0.3 is 10.1 Å². The third-order valence-electron chi connectivity index (χ3n) is 3.52. The van der Waals surface area contributed by atoms with Gasteiger partial charge in [0.15, 0.2) is 0 Å². The number of thiophene rings is 1. The van der Waals surface area contributed by atoms with Crippen LogP contribution in [0.25, 0.3) is 0 Å². The summed E-state index contributed by atoms with van der Waals surface area (Å²) in [7, 11) is 0. The molecule has 0 saturated carbocycles. The Labute approximate surface area is 145 Å². The summed E-state index contributed by atoms with van der Waals surface area (Å²) >= 11 is 1.50. The SMILES string of the molecule is C=CCOC(=O)C(CCC)C(NC(=O)n1ccnc1)c1cccs1. The van der Waals surface area contributed by atoms with Crippen molar-refractivity contribution in [3.05, 3.63) is 53.8 Å². The lowest BCUT2D eigenvalue weighted by Gasteiger charge is -2.25. The van der Waals surface area contributed by atoms with E-state index in [-0.39, 0.29) is 18.6 Å². The van der Waals surface area contributed by atoms with E-state index in [0.717, 1.165) is 11.3 Å². The Kier molecular flexibility index (Phi) is 6.74. The van der Waals surface area contributed by atoms with Crippen molar-refractivity contribution in [2.45, 2.75) is 25.8 Å². The number of rotatable bonds is 8. The van der Waals surface area contributed by atoms with Gasteiger partial charge in [-0.3, -0.25) is 9.36 Å². The second kappa shape index (κ2) is 9.02. The summed E-state index contributed by atoms with van der Waals surface area (Å²) in [4.78, 5) is 29.7. The molecule has 2 atom stereocenters. The Morgan fingerprint density at radius 1 is 1.54 bits per heavy atom. The Bertz CT molecular complexity index is 653. The average molecular weight is 347 g/mol. The quantitative estimate of drug-likeness (QED) is 0.587. The van der Waals surface area contributed by atoms with Crippen LogP contribution in [0.4, 0.5) is 4.79 Å². The second-order valence-corrected chi connectivity index (χ2v) is 6.21. The van der Waals surface area contributed by atoms with Gasteiger partial charge in [-0.15, -0.1) is 11.3 Å². The molecule has 2 unspecified atom stereocenters. The standard InChI is InChI=1S/C17H21N3O3S/c1-3-6-13(16(21)23-10-4-2)15(14-7-5-11-24-14)19-17(22)20-9-8-18-12-20/h4-5,7-9,11-13,15H,2-3,6,10H2,1H3,(H,19,22). The molecule has 0 bridgehead atoms. The lowest BCUT2D eigenvalue weighted by Crippen LogP contribution is -2.39. The Morgan fingerprint density at radius 3 is 2.96 bits per heavy atom. The van der Waals surface area contributed by atoms with Crippen LogP contribution in [0.5, 0.6) is 0 Å². The average Bonchev–Trinajstić information content (AvgIpc) is 3.28. The van der Waals surface area contributed by atoms with Gasteiger partial charge in [0.2, 0.25) is 0 Å². The van der Waals surface area contributed by atoms with Crippen LogP contribution in [0, 0.1) is 5.92 Å². The molecule has 1 amide bonds. The number of imidazole rings is 1. The van der Waals surface area contributed by atoms with Crippen molar-refractivity contribution in [1.29, 1.82) is 0 Å². The summed E-state index contributed by atoms with van der Waals surface area (Å²) in [6.07, 6.45) is 7.46. The summed E-state index contributed by atoms with van der Waals surface area (Å²) in [5.41, 5.74) is 0. The van der Waals surface area contributed by atoms with E-state index in [1.807, 2.05) is 24.4 Å². The molecule has 0 aliphatic rings. The summed E-state index contributed by atoms with van der Waals surface area (Å²) in [6, 6.07) is 3.03. The van der Waals surface area contributed by atoms with Gasteiger partial charge in [-0.25, -0.2) is 9.78 Å². The van der Waals surface area contributed by atoms with Crippen LogP contribution in [0.3, 0.4) is 0 Å². The zero-order valence-electron chi connectivity index (χ0n) is 13.6. The number of esters is 1. The molecule has 0 aliphatic carbocycles. The molecule has 0 radical (unpaired) electrons. The van der Waals surface area contributed by atoms with E-state index in [4.69, 9.17) is 4.74 Å². The number of ether oxygens (including phenoxy) is 1. The predicted octanol–water partition coefficient (Wildman–Crippen LogP) is 3.39. The van der Waals surface area contributed by atoms with E-state index in [0.29, 0.717) is 6.42 Å². The molecule has 0 saturated heterocycles. The number of amides is 1. The summed E-state index contributed by atoms with van der Waals surface area (Å²) < 4.78 is 6.58. The first kappa shape index (κ1) is 17.9. The first-order chi connectivity index (χ1) is 11.7. The fourth-order valence-corrected chi connectivity index (χ4v) is 3.25. The Hall–Kier alpha value is -2.41. The molecule has 24 heavy (non-hydrogen) atoms. The van der Waals surface area contributed by atoms with Gasteiger partial charge in [0.1, 0.15) is 12.9 Å². The molecular weight excluding hydrogens is 326 g/mol. The number of nitrogens with one attached hydrogen (secondary N) is 1. The maximum atomic E-state index is 12.5. The highest BCUT2D eigenvalue weighted by atomic mass is 32.1. The van der Waals surface area contributed by atoms with E-state index in [1.165, 1.54) is 34.5 Å². The molecule has 128 valence electrons. The lowest BCUT2D eigenvalue weighted by molar-refractivity contribution is -0.148. The van der Waals surface area contributed by atoms with Crippen LogP contribution in [-0.2, 0) is 9.53 Å². The summed E-state index contributed by atoms with van der Waals surface area (Å²) in [5, 5.41) is 4.85. The molecule has 7 heteroatoms. The second-order valence-electron chi connectivity index (χ2n) is 5.23. The van der Waals surface area contributed by atoms with Crippen molar-refractivity contribution in [2.75, 3.05) is 6.61 Å². The van der Waals surface area contributed by atoms with Crippen molar-refractivity contribution < 1.29 is 14.3 Å².